The van der Waals surface area contributed by atoms with Gasteiger partial charge in [-0.05, 0) is 37.0 Å². The van der Waals surface area contributed by atoms with Crippen LogP contribution >= 0.6 is 0 Å². The minimum atomic E-state index is -0.152. The topological polar surface area (TPSA) is 15.3 Å². The standard InChI is InChI=1S/C17H27FN2/c1-4-13(2)17-12-20(10-9-19-17)14(3)11-15-5-7-16(18)8-6-15/h5-8,13-14,17,19H,4,9-12H2,1-3H3. The van der Waals surface area contributed by atoms with Gasteiger partial charge in [-0.25, -0.2) is 4.39 Å². The van der Waals surface area contributed by atoms with Gasteiger partial charge >= 0.3 is 0 Å². The van der Waals surface area contributed by atoms with Gasteiger partial charge in [-0.2, -0.15) is 0 Å². The molecule has 3 atom stereocenters. The fraction of sp³-hybridized carbons (Fsp3) is 0.647. The molecule has 0 spiro atoms. The number of nitrogens with zero attached hydrogens (tertiary/aromatic N) is 1. The Morgan fingerprint density at radius 2 is 2.00 bits per heavy atom. The van der Waals surface area contributed by atoms with E-state index < -0.39 is 0 Å². The fourth-order valence-electron chi connectivity index (χ4n) is 2.96. The van der Waals surface area contributed by atoms with Crippen molar-refractivity contribution in [3.63, 3.8) is 0 Å². The molecule has 0 radical (unpaired) electrons. The minimum Gasteiger partial charge on any atom is -0.311 e. The molecule has 1 heterocycles. The van der Waals surface area contributed by atoms with Gasteiger partial charge in [-0.15, -0.1) is 0 Å². The molecule has 1 aromatic carbocycles. The van der Waals surface area contributed by atoms with Crippen molar-refractivity contribution in [3.05, 3.63) is 35.6 Å². The van der Waals surface area contributed by atoms with Crippen LogP contribution in [0.25, 0.3) is 0 Å². The molecular weight excluding hydrogens is 251 g/mol. The maximum Gasteiger partial charge on any atom is 0.123 e. The summed E-state index contributed by atoms with van der Waals surface area (Å²) in [6.07, 6.45) is 2.21. The third-order valence-electron chi connectivity index (χ3n) is 4.64. The van der Waals surface area contributed by atoms with Gasteiger partial charge in [0.25, 0.3) is 0 Å². The SMILES string of the molecule is CCC(C)C1CN(C(C)Cc2ccc(F)cc2)CCN1. The van der Waals surface area contributed by atoms with Gasteiger partial charge in [0.05, 0.1) is 0 Å². The Hall–Kier alpha value is -0.930. The van der Waals surface area contributed by atoms with E-state index in [9.17, 15) is 4.39 Å². The van der Waals surface area contributed by atoms with E-state index in [-0.39, 0.29) is 5.82 Å². The second-order valence-corrected chi connectivity index (χ2v) is 6.12. The van der Waals surface area contributed by atoms with E-state index in [2.05, 4.69) is 31.0 Å². The van der Waals surface area contributed by atoms with Crippen LogP contribution in [-0.2, 0) is 6.42 Å². The third kappa shape index (κ3) is 4.03. The van der Waals surface area contributed by atoms with Crippen molar-refractivity contribution in [2.45, 2.75) is 45.7 Å². The highest BCUT2D eigenvalue weighted by molar-refractivity contribution is 5.17. The van der Waals surface area contributed by atoms with Crippen molar-refractivity contribution in [1.82, 2.24) is 10.2 Å². The van der Waals surface area contributed by atoms with Gasteiger partial charge in [0.15, 0.2) is 0 Å². The summed E-state index contributed by atoms with van der Waals surface area (Å²) in [5, 5.41) is 3.63. The molecule has 2 rings (SSSR count). The van der Waals surface area contributed by atoms with Crippen molar-refractivity contribution in [1.29, 1.82) is 0 Å². The Morgan fingerprint density at radius 3 is 2.65 bits per heavy atom. The minimum absolute atomic E-state index is 0.152. The molecule has 1 fully saturated rings. The van der Waals surface area contributed by atoms with Crippen molar-refractivity contribution in [2.75, 3.05) is 19.6 Å². The predicted octanol–water partition coefficient (Wildman–Crippen LogP) is 3.08. The van der Waals surface area contributed by atoms with Crippen LogP contribution in [0.3, 0.4) is 0 Å². The molecule has 0 aromatic heterocycles. The number of hydrogen-bond donors (Lipinski definition) is 1. The van der Waals surface area contributed by atoms with Gasteiger partial charge in [-0.1, -0.05) is 32.4 Å². The van der Waals surface area contributed by atoms with Crippen molar-refractivity contribution in [3.8, 4) is 0 Å². The maximum absolute atomic E-state index is 12.9. The average molecular weight is 278 g/mol. The first kappa shape index (κ1) is 15.5. The highest BCUT2D eigenvalue weighted by Crippen LogP contribution is 2.16. The van der Waals surface area contributed by atoms with E-state index in [1.54, 1.807) is 12.1 Å². The molecule has 112 valence electrons. The largest absolute Gasteiger partial charge is 0.311 e. The van der Waals surface area contributed by atoms with Gasteiger partial charge in [0, 0.05) is 31.7 Å². The Morgan fingerprint density at radius 1 is 1.30 bits per heavy atom. The zero-order chi connectivity index (χ0) is 14.5. The quantitative estimate of drug-likeness (QED) is 0.890. The lowest BCUT2D eigenvalue weighted by atomic mass is 9.95. The lowest BCUT2D eigenvalue weighted by Crippen LogP contribution is -2.55. The molecule has 1 saturated heterocycles. The Labute approximate surface area is 122 Å². The summed E-state index contributed by atoms with van der Waals surface area (Å²) in [7, 11) is 0. The third-order valence-corrected chi connectivity index (χ3v) is 4.64. The van der Waals surface area contributed by atoms with Crippen LogP contribution in [0.1, 0.15) is 32.8 Å². The average Bonchev–Trinajstić information content (AvgIpc) is 2.49. The zero-order valence-corrected chi connectivity index (χ0v) is 12.9. The molecule has 2 nitrogen and oxygen atoms in total. The summed E-state index contributed by atoms with van der Waals surface area (Å²) in [5.74, 6) is 0.566. The van der Waals surface area contributed by atoms with E-state index >= 15 is 0 Å². The van der Waals surface area contributed by atoms with Gasteiger partial charge < -0.3 is 5.32 Å². The Bertz CT molecular complexity index is 404. The molecule has 0 aliphatic carbocycles. The zero-order valence-electron chi connectivity index (χ0n) is 12.9. The molecule has 0 saturated carbocycles. The molecule has 1 aliphatic heterocycles. The van der Waals surface area contributed by atoms with Crippen molar-refractivity contribution < 1.29 is 4.39 Å². The maximum atomic E-state index is 12.9. The van der Waals surface area contributed by atoms with Crippen molar-refractivity contribution >= 4 is 0 Å². The first-order valence-electron chi connectivity index (χ1n) is 7.82. The highest BCUT2D eigenvalue weighted by Gasteiger charge is 2.25. The Kier molecular flexibility index (Phi) is 5.55. The van der Waals surface area contributed by atoms with Gasteiger partial charge in [0.1, 0.15) is 5.82 Å². The van der Waals surface area contributed by atoms with Crippen LogP contribution in [0.4, 0.5) is 4.39 Å². The van der Waals surface area contributed by atoms with Crippen LogP contribution in [0.5, 0.6) is 0 Å². The molecule has 20 heavy (non-hydrogen) atoms. The molecule has 3 heteroatoms. The Balaban J connectivity index is 1.91. The van der Waals surface area contributed by atoms with E-state index in [0.29, 0.717) is 12.1 Å². The summed E-state index contributed by atoms with van der Waals surface area (Å²) in [6, 6.07) is 8.03. The number of benzene rings is 1. The monoisotopic (exact) mass is 278 g/mol. The summed E-state index contributed by atoms with van der Waals surface area (Å²) < 4.78 is 12.9. The summed E-state index contributed by atoms with van der Waals surface area (Å²) in [6.45, 7) is 10.2. The highest BCUT2D eigenvalue weighted by atomic mass is 19.1. The number of hydrogen-bond acceptors (Lipinski definition) is 2. The van der Waals surface area contributed by atoms with E-state index in [0.717, 1.165) is 32.0 Å². The summed E-state index contributed by atoms with van der Waals surface area (Å²) in [4.78, 5) is 2.57. The fourth-order valence-corrected chi connectivity index (χ4v) is 2.96. The van der Waals surface area contributed by atoms with E-state index in [1.165, 1.54) is 12.0 Å². The lowest BCUT2D eigenvalue weighted by Gasteiger charge is -2.39. The van der Waals surface area contributed by atoms with Gasteiger partial charge in [0.2, 0.25) is 0 Å². The molecular formula is C17H27FN2. The van der Waals surface area contributed by atoms with Crippen LogP contribution in [0.2, 0.25) is 0 Å². The second kappa shape index (κ2) is 7.19. The number of halogens is 1. The normalized spacial score (nSPS) is 23.5. The molecule has 0 amide bonds. The number of nitrogens with one attached hydrogen (secondary N) is 1. The lowest BCUT2D eigenvalue weighted by molar-refractivity contribution is 0.129. The predicted molar refractivity (Wildman–Crippen MR) is 82.4 cm³/mol. The molecule has 1 aliphatic rings. The molecule has 1 aromatic rings. The van der Waals surface area contributed by atoms with Crippen LogP contribution in [0, 0.1) is 11.7 Å². The first-order chi connectivity index (χ1) is 9.60. The summed E-state index contributed by atoms with van der Waals surface area (Å²) in [5.41, 5.74) is 1.22. The van der Waals surface area contributed by atoms with E-state index in [4.69, 9.17) is 0 Å². The van der Waals surface area contributed by atoms with Crippen LogP contribution < -0.4 is 5.32 Å². The van der Waals surface area contributed by atoms with Crippen LogP contribution in [0.15, 0.2) is 24.3 Å². The second-order valence-electron chi connectivity index (χ2n) is 6.12. The first-order valence-corrected chi connectivity index (χ1v) is 7.82. The molecule has 1 N–H and O–H groups in total. The molecule has 0 bridgehead atoms. The number of rotatable bonds is 5. The summed E-state index contributed by atoms with van der Waals surface area (Å²) >= 11 is 0. The van der Waals surface area contributed by atoms with E-state index in [1.807, 2.05) is 12.1 Å². The van der Waals surface area contributed by atoms with Gasteiger partial charge in [-0.3, -0.25) is 4.90 Å². The molecule has 3 unspecified atom stereocenters. The smallest absolute Gasteiger partial charge is 0.123 e. The van der Waals surface area contributed by atoms with Crippen molar-refractivity contribution in [2.24, 2.45) is 5.92 Å². The number of piperazine rings is 1. The van der Waals surface area contributed by atoms with Crippen LogP contribution in [-0.4, -0.2) is 36.6 Å².